The first-order valence-corrected chi connectivity index (χ1v) is 15.3. The van der Waals surface area contributed by atoms with Crippen LogP contribution in [0.3, 0.4) is 0 Å². The summed E-state index contributed by atoms with van der Waals surface area (Å²) in [4.78, 5) is 31.2. The summed E-state index contributed by atoms with van der Waals surface area (Å²) >= 11 is 0. The van der Waals surface area contributed by atoms with Gasteiger partial charge in [0.2, 0.25) is 5.91 Å². The number of phenolic OH excluding ortho intramolecular Hbond substituents is 1. The minimum atomic E-state index is -0.0283. The van der Waals surface area contributed by atoms with Crippen LogP contribution in [0, 0.1) is 5.92 Å². The molecule has 0 aliphatic carbocycles. The number of hydrogen-bond donors (Lipinski definition) is 1. The van der Waals surface area contributed by atoms with Crippen LogP contribution in [0.5, 0.6) is 11.8 Å². The molecule has 2 fully saturated rings. The first-order chi connectivity index (χ1) is 20.4. The summed E-state index contributed by atoms with van der Waals surface area (Å²) in [5.41, 5.74) is 3.11. The van der Waals surface area contributed by atoms with E-state index in [4.69, 9.17) is 14.7 Å². The lowest BCUT2D eigenvalue weighted by atomic mass is 10.0. The van der Waals surface area contributed by atoms with Crippen molar-refractivity contribution in [3.63, 3.8) is 0 Å². The summed E-state index contributed by atoms with van der Waals surface area (Å²) in [6.07, 6.45) is 4.29. The molecule has 3 aliphatic heterocycles. The second-order valence-electron chi connectivity index (χ2n) is 11.9. The Morgan fingerprint density at radius 1 is 1.12 bits per heavy atom. The SMILES string of the molecule is C=CC(=O)N1CCN(c2nc(O[C@H](CC)CN3CC[C@H](C)C3)nc3c2CCN(c2cc(O)cc4ccccc24)C3)CC1. The summed E-state index contributed by atoms with van der Waals surface area (Å²) in [6, 6.07) is 12.3. The first-order valence-electron chi connectivity index (χ1n) is 15.3. The number of carbonyl (C=O) groups is 1. The lowest BCUT2D eigenvalue weighted by molar-refractivity contribution is -0.126. The molecule has 2 aromatic carbocycles. The third-order valence-electron chi connectivity index (χ3n) is 8.95. The fourth-order valence-electron chi connectivity index (χ4n) is 6.59. The first kappa shape index (κ1) is 28.3. The molecule has 0 bridgehead atoms. The summed E-state index contributed by atoms with van der Waals surface area (Å²) in [5.74, 6) is 1.88. The summed E-state index contributed by atoms with van der Waals surface area (Å²) < 4.78 is 6.54. The molecule has 222 valence electrons. The molecular formula is C33H42N6O3. The maximum Gasteiger partial charge on any atom is 0.318 e. The predicted molar refractivity (Wildman–Crippen MR) is 166 cm³/mol. The number of amides is 1. The highest BCUT2D eigenvalue weighted by Gasteiger charge is 2.30. The number of anilines is 2. The Kier molecular flexibility index (Phi) is 8.20. The number of fused-ring (bicyclic) bond motifs is 2. The van der Waals surface area contributed by atoms with E-state index in [1.807, 2.05) is 35.2 Å². The number of phenols is 1. The van der Waals surface area contributed by atoms with E-state index in [9.17, 15) is 9.90 Å². The van der Waals surface area contributed by atoms with Crippen LogP contribution >= 0.6 is 0 Å². The van der Waals surface area contributed by atoms with Gasteiger partial charge in [0.05, 0.1) is 12.2 Å². The van der Waals surface area contributed by atoms with Crippen molar-refractivity contribution >= 4 is 28.2 Å². The number of likely N-dealkylation sites (tertiary alicyclic amines) is 1. The number of benzene rings is 2. The Morgan fingerprint density at radius 2 is 1.93 bits per heavy atom. The maximum absolute atomic E-state index is 12.2. The minimum Gasteiger partial charge on any atom is -0.508 e. The Labute approximate surface area is 248 Å². The zero-order chi connectivity index (χ0) is 29.2. The van der Waals surface area contributed by atoms with E-state index in [1.165, 1.54) is 12.5 Å². The van der Waals surface area contributed by atoms with Gasteiger partial charge in [-0.1, -0.05) is 44.7 Å². The van der Waals surface area contributed by atoms with Crippen molar-refractivity contribution in [2.75, 3.05) is 62.2 Å². The van der Waals surface area contributed by atoms with Gasteiger partial charge in [-0.3, -0.25) is 9.69 Å². The van der Waals surface area contributed by atoms with Gasteiger partial charge in [0, 0.05) is 68.5 Å². The van der Waals surface area contributed by atoms with Crippen LogP contribution in [-0.4, -0.2) is 89.2 Å². The van der Waals surface area contributed by atoms with Gasteiger partial charge in [-0.05, 0) is 49.3 Å². The number of nitrogens with zero attached hydrogens (tertiary/aromatic N) is 6. The van der Waals surface area contributed by atoms with E-state index in [2.05, 4.69) is 41.2 Å². The third kappa shape index (κ3) is 5.88. The molecule has 42 heavy (non-hydrogen) atoms. The van der Waals surface area contributed by atoms with Crippen molar-refractivity contribution in [2.24, 2.45) is 5.92 Å². The van der Waals surface area contributed by atoms with E-state index in [-0.39, 0.29) is 17.8 Å². The molecule has 0 saturated carbocycles. The zero-order valence-electron chi connectivity index (χ0n) is 24.8. The topological polar surface area (TPSA) is 85.3 Å². The van der Waals surface area contributed by atoms with Crippen molar-refractivity contribution < 1.29 is 14.6 Å². The number of aromatic hydroxyl groups is 1. The van der Waals surface area contributed by atoms with Gasteiger partial charge in [0.15, 0.2) is 0 Å². The summed E-state index contributed by atoms with van der Waals surface area (Å²) in [5, 5.41) is 12.6. The highest BCUT2D eigenvalue weighted by molar-refractivity contribution is 5.95. The van der Waals surface area contributed by atoms with Crippen LogP contribution < -0.4 is 14.5 Å². The third-order valence-corrected chi connectivity index (χ3v) is 8.95. The van der Waals surface area contributed by atoms with E-state index < -0.39 is 0 Å². The maximum atomic E-state index is 12.2. The lowest BCUT2D eigenvalue weighted by Gasteiger charge is -2.38. The molecule has 9 nitrogen and oxygen atoms in total. The summed E-state index contributed by atoms with van der Waals surface area (Å²) in [6.45, 7) is 15.3. The zero-order valence-corrected chi connectivity index (χ0v) is 24.8. The molecule has 6 rings (SSSR count). The molecule has 2 saturated heterocycles. The van der Waals surface area contributed by atoms with E-state index in [1.54, 1.807) is 0 Å². The highest BCUT2D eigenvalue weighted by Crippen LogP contribution is 2.36. The standard InChI is InChI=1S/C33H42N6O3/c1-4-26(21-36-12-10-23(3)20-36)42-33-34-29-22-39(30-19-25(40)18-24-8-6-7-9-27(24)30)13-11-28(29)32(35-33)38-16-14-37(15-17-38)31(41)5-2/h5-9,18-19,23,26,40H,2,4,10-17,20-22H2,1,3H3/t23-,26+/m0/s1. The number of aromatic nitrogens is 2. The number of carbonyl (C=O) groups excluding carboxylic acids is 1. The summed E-state index contributed by atoms with van der Waals surface area (Å²) in [7, 11) is 0. The van der Waals surface area contributed by atoms with Crippen molar-refractivity contribution in [3.8, 4) is 11.8 Å². The Bertz CT molecular complexity index is 1450. The molecule has 1 amide bonds. The van der Waals surface area contributed by atoms with Crippen LogP contribution in [0.4, 0.5) is 11.5 Å². The van der Waals surface area contributed by atoms with Crippen LogP contribution in [-0.2, 0) is 17.8 Å². The molecule has 0 radical (unpaired) electrons. The average Bonchev–Trinajstić information content (AvgIpc) is 3.43. The Morgan fingerprint density at radius 3 is 2.67 bits per heavy atom. The van der Waals surface area contributed by atoms with Gasteiger partial charge in [0.25, 0.3) is 0 Å². The van der Waals surface area contributed by atoms with Gasteiger partial charge in [0.1, 0.15) is 17.7 Å². The van der Waals surface area contributed by atoms with Gasteiger partial charge >= 0.3 is 6.01 Å². The van der Waals surface area contributed by atoms with E-state index >= 15 is 0 Å². The molecule has 3 aromatic rings. The Balaban J connectivity index is 1.31. The van der Waals surface area contributed by atoms with Crippen molar-refractivity contribution in [1.82, 2.24) is 19.8 Å². The molecule has 0 unspecified atom stereocenters. The number of ether oxygens (including phenoxy) is 1. The molecule has 3 aliphatic rings. The van der Waals surface area contributed by atoms with Crippen molar-refractivity contribution in [1.29, 1.82) is 0 Å². The quantitative estimate of drug-likeness (QED) is 0.403. The minimum absolute atomic E-state index is 0.0120. The number of hydrogen-bond acceptors (Lipinski definition) is 8. The van der Waals surface area contributed by atoms with Crippen LogP contribution in [0.15, 0.2) is 49.1 Å². The Hall–Kier alpha value is -3.85. The van der Waals surface area contributed by atoms with Crippen LogP contribution in [0.2, 0.25) is 0 Å². The fourth-order valence-corrected chi connectivity index (χ4v) is 6.59. The monoisotopic (exact) mass is 570 g/mol. The predicted octanol–water partition coefficient (Wildman–Crippen LogP) is 4.23. The average molecular weight is 571 g/mol. The normalized spacial score (nSPS) is 20.0. The van der Waals surface area contributed by atoms with Gasteiger partial charge in [-0.2, -0.15) is 9.97 Å². The van der Waals surface area contributed by atoms with E-state index in [0.29, 0.717) is 38.7 Å². The molecule has 1 aromatic heterocycles. The van der Waals surface area contributed by atoms with Gasteiger partial charge in [-0.15, -0.1) is 0 Å². The van der Waals surface area contributed by atoms with Crippen molar-refractivity contribution in [2.45, 2.75) is 45.8 Å². The second kappa shape index (κ2) is 12.2. The smallest absolute Gasteiger partial charge is 0.318 e. The number of rotatable bonds is 8. The highest BCUT2D eigenvalue weighted by atomic mass is 16.5. The number of piperazine rings is 1. The molecule has 4 heterocycles. The van der Waals surface area contributed by atoms with Crippen molar-refractivity contribution in [3.05, 3.63) is 60.3 Å². The van der Waals surface area contributed by atoms with Crippen LogP contribution in [0.25, 0.3) is 10.8 Å². The molecular weight excluding hydrogens is 528 g/mol. The van der Waals surface area contributed by atoms with Crippen LogP contribution in [0.1, 0.15) is 37.9 Å². The van der Waals surface area contributed by atoms with Gasteiger partial charge < -0.3 is 24.5 Å². The van der Waals surface area contributed by atoms with Gasteiger partial charge in [-0.25, -0.2) is 0 Å². The van der Waals surface area contributed by atoms with E-state index in [0.717, 1.165) is 78.5 Å². The second-order valence-corrected chi connectivity index (χ2v) is 11.9. The largest absolute Gasteiger partial charge is 0.508 e. The molecule has 2 atom stereocenters. The molecule has 0 spiro atoms. The molecule has 1 N–H and O–H groups in total. The lowest BCUT2D eigenvalue weighted by Crippen LogP contribution is -2.49. The molecule has 9 heteroatoms. The fraction of sp³-hybridized carbons (Fsp3) is 0.485.